The summed E-state index contributed by atoms with van der Waals surface area (Å²) >= 11 is 0. The number of nitrogens with two attached hydrogens (primary N) is 1. The Bertz CT molecular complexity index is 1100. The highest BCUT2D eigenvalue weighted by Gasteiger charge is 2.26. The van der Waals surface area contributed by atoms with Crippen LogP contribution in [0.3, 0.4) is 0 Å². The number of nitrogens with one attached hydrogen (secondary N) is 3. The van der Waals surface area contributed by atoms with Crippen molar-refractivity contribution in [2.24, 2.45) is 11.7 Å². The number of carbonyl (C=O) groups excluding carboxylic acids is 2. The van der Waals surface area contributed by atoms with Crippen LogP contribution in [0.1, 0.15) is 36.2 Å². The van der Waals surface area contributed by atoms with Crippen molar-refractivity contribution < 1.29 is 18.0 Å². The van der Waals surface area contributed by atoms with Gasteiger partial charge in [0.1, 0.15) is 17.7 Å². The lowest BCUT2D eigenvalue weighted by Gasteiger charge is -2.19. The number of carbonyl (C=O) groups is 2. The molecule has 0 saturated carbocycles. The lowest BCUT2D eigenvalue weighted by Crippen LogP contribution is -2.36. The summed E-state index contributed by atoms with van der Waals surface area (Å²) in [7, 11) is -3.39. The summed E-state index contributed by atoms with van der Waals surface area (Å²) in [5.74, 6) is 0.138. The van der Waals surface area contributed by atoms with Crippen LogP contribution in [-0.4, -0.2) is 37.5 Å². The molecule has 0 bridgehead atoms. The van der Waals surface area contributed by atoms with E-state index in [0.29, 0.717) is 35.6 Å². The van der Waals surface area contributed by atoms with Crippen LogP contribution in [0, 0.1) is 5.92 Å². The third-order valence-electron chi connectivity index (χ3n) is 4.67. The van der Waals surface area contributed by atoms with Crippen LogP contribution in [0.2, 0.25) is 0 Å². The Kier molecular flexibility index (Phi) is 5.97. The number of fused-ring (bicyclic) bond motifs is 1. The Morgan fingerprint density at radius 2 is 2.03 bits per heavy atom. The van der Waals surface area contributed by atoms with Gasteiger partial charge < -0.3 is 21.7 Å². The molecule has 0 saturated heterocycles. The summed E-state index contributed by atoms with van der Waals surface area (Å²) in [6.45, 7) is 4.30. The fourth-order valence-corrected chi connectivity index (χ4v) is 3.92. The van der Waals surface area contributed by atoms with Gasteiger partial charge in [-0.3, -0.25) is 9.59 Å². The zero-order valence-electron chi connectivity index (χ0n) is 17.0. The molecular weight excluding hydrogens is 406 g/mol. The number of aromatic nitrogens is 1. The lowest BCUT2D eigenvalue weighted by molar-refractivity contribution is -0.119. The van der Waals surface area contributed by atoms with Gasteiger partial charge in [0.05, 0.1) is 10.5 Å². The van der Waals surface area contributed by atoms with Crippen molar-refractivity contribution in [3.8, 4) is 0 Å². The van der Waals surface area contributed by atoms with Crippen molar-refractivity contribution in [1.82, 2.24) is 10.3 Å². The zero-order chi connectivity index (χ0) is 22.1. The number of hydrogen-bond acceptors (Lipinski definition) is 7. The molecule has 0 aliphatic carbocycles. The highest BCUT2D eigenvalue weighted by Crippen LogP contribution is 2.29. The van der Waals surface area contributed by atoms with E-state index < -0.39 is 21.8 Å². The monoisotopic (exact) mass is 431 g/mol. The van der Waals surface area contributed by atoms with Crippen LogP contribution in [0.4, 0.5) is 17.3 Å². The van der Waals surface area contributed by atoms with Crippen molar-refractivity contribution in [1.29, 1.82) is 0 Å². The number of primary amides is 1. The molecule has 3 rings (SSSR count). The maximum absolute atomic E-state index is 12.3. The first-order chi connectivity index (χ1) is 14.0. The minimum Gasteiger partial charge on any atom is -0.368 e. The summed E-state index contributed by atoms with van der Waals surface area (Å²) in [6, 6.07) is 7.35. The summed E-state index contributed by atoms with van der Waals surface area (Å²) in [4.78, 5) is 28.8. The van der Waals surface area contributed by atoms with E-state index in [-0.39, 0.29) is 22.5 Å². The third kappa shape index (κ3) is 4.88. The lowest BCUT2D eigenvalue weighted by atomic mass is 10.0. The fraction of sp³-hybridized carbons (Fsp3) is 0.350. The van der Waals surface area contributed by atoms with Gasteiger partial charge in [0.2, 0.25) is 5.91 Å². The van der Waals surface area contributed by atoms with E-state index in [9.17, 15) is 18.0 Å². The van der Waals surface area contributed by atoms with E-state index in [2.05, 4.69) is 20.9 Å². The SMILES string of the molecule is CC(C)C[C@@H](Nc1cc2c(c(Nc3cccc(S(C)(=O)=O)c3)n1)C(=O)NC2)C(N)=O. The summed E-state index contributed by atoms with van der Waals surface area (Å²) in [5.41, 5.74) is 7.08. The quantitative estimate of drug-likeness (QED) is 0.499. The number of benzene rings is 1. The van der Waals surface area contributed by atoms with Gasteiger partial charge in [-0.05, 0) is 42.2 Å². The van der Waals surface area contributed by atoms with E-state index in [0.717, 1.165) is 6.26 Å². The smallest absolute Gasteiger partial charge is 0.255 e. The van der Waals surface area contributed by atoms with Crippen LogP contribution < -0.4 is 21.7 Å². The number of sulfone groups is 1. The van der Waals surface area contributed by atoms with E-state index in [1.807, 2.05) is 13.8 Å². The van der Waals surface area contributed by atoms with Gasteiger partial charge in [-0.2, -0.15) is 0 Å². The third-order valence-corrected chi connectivity index (χ3v) is 5.78. The fourth-order valence-electron chi connectivity index (χ4n) is 3.26. The maximum Gasteiger partial charge on any atom is 0.255 e. The molecule has 2 amide bonds. The highest BCUT2D eigenvalue weighted by molar-refractivity contribution is 7.90. The van der Waals surface area contributed by atoms with Crippen molar-refractivity contribution in [2.45, 2.75) is 37.8 Å². The number of pyridine rings is 1. The summed E-state index contributed by atoms with van der Waals surface area (Å²) in [6.07, 6.45) is 1.66. The minimum absolute atomic E-state index is 0.147. The molecule has 10 heteroatoms. The molecular formula is C20H25N5O4S. The van der Waals surface area contributed by atoms with Crippen LogP contribution in [-0.2, 0) is 21.2 Å². The van der Waals surface area contributed by atoms with Crippen LogP contribution >= 0.6 is 0 Å². The predicted molar refractivity (Wildman–Crippen MR) is 114 cm³/mol. The molecule has 0 spiro atoms. The summed E-state index contributed by atoms with van der Waals surface area (Å²) in [5, 5.41) is 8.84. The Balaban J connectivity index is 1.98. The molecule has 0 radical (unpaired) electrons. The molecule has 0 fully saturated rings. The van der Waals surface area contributed by atoms with Gasteiger partial charge in [-0.25, -0.2) is 13.4 Å². The van der Waals surface area contributed by atoms with Crippen LogP contribution in [0.25, 0.3) is 0 Å². The molecule has 160 valence electrons. The van der Waals surface area contributed by atoms with E-state index >= 15 is 0 Å². The second-order valence-electron chi connectivity index (χ2n) is 7.73. The molecule has 1 aromatic heterocycles. The number of amides is 2. The standard InChI is InChI=1S/C20H25N5O4S/c1-11(2)7-15(18(21)26)24-16-8-12-10-22-20(27)17(12)19(25-16)23-13-5-4-6-14(9-13)30(3,28)29/h4-6,8-9,11,15H,7,10H2,1-3H3,(H2,21,26)(H,22,27)(H2,23,24,25)/t15-/m1/s1. The van der Waals surface area contributed by atoms with Gasteiger partial charge in [-0.1, -0.05) is 19.9 Å². The molecule has 5 N–H and O–H groups in total. The number of rotatable bonds is 8. The first-order valence-electron chi connectivity index (χ1n) is 9.49. The van der Waals surface area contributed by atoms with E-state index in [1.165, 1.54) is 12.1 Å². The maximum atomic E-state index is 12.3. The van der Waals surface area contributed by atoms with E-state index in [1.54, 1.807) is 18.2 Å². The molecule has 1 aromatic carbocycles. The molecule has 2 heterocycles. The van der Waals surface area contributed by atoms with Gasteiger partial charge >= 0.3 is 0 Å². The normalized spacial score (nSPS) is 14.2. The van der Waals surface area contributed by atoms with Crippen molar-refractivity contribution >= 4 is 39.0 Å². The van der Waals surface area contributed by atoms with Crippen LogP contribution in [0.15, 0.2) is 35.2 Å². The second-order valence-corrected chi connectivity index (χ2v) is 9.74. The minimum atomic E-state index is -3.39. The average molecular weight is 432 g/mol. The van der Waals surface area contributed by atoms with E-state index in [4.69, 9.17) is 5.73 Å². The van der Waals surface area contributed by atoms with Crippen molar-refractivity contribution in [3.05, 3.63) is 41.5 Å². The second kappa shape index (κ2) is 8.31. The highest BCUT2D eigenvalue weighted by atomic mass is 32.2. The molecule has 9 nitrogen and oxygen atoms in total. The van der Waals surface area contributed by atoms with Crippen molar-refractivity contribution in [2.75, 3.05) is 16.9 Å². The molecule has 1 aliphatic rings. The van der Waals surface area contributed by atoms with Crippen LogP contribution in [0.5, 0.6) is 0 Å². The van der Waals surface area contributed by atoms with Crippen molar-refractivity contribution in [3.63, 3.8) is 0 Å². The predicted octanol–water partition coefficient (Wildman–Crippen LogP) is 1.78. The molecule has 1 aliphatic heterocycles. The zero-order valence-corrected chi connectivity index (χ0v) is 17.8. The summed E-state index contributed by atoms with van der Waals surface area (Å²) < 4.78 is 23.7. The largest absolute Gasteiger partial charge is 0.368 e. The van der Waals surface area contributed by atoms with Gasteiger partial charge in [0.15, 0.2) is 9.84 Å². The van der Waals surface area contributed by atoms with Gasteiger partial charge in [0, 0.05) is 18.5 Å². The number of nitrogens with zero attached hydrogens (tertiary/aromatic N) is 1. The molecule has 0 unspecified atom stereocenters. The topological polar surface area (TPSA) is 143 Å². The molecule has 2 aromatic rings. The Labute approximate surface area is 175 Å². The Morgan fingerprint density at radius 3 is 2.67 bits per heavy atom. The average Bonchev–Trinajstić information content (AvgIpc) is 3.01. The van der Waals surface area contributed by atoms with Gasteiger partial charge in [0.25, 0.3) is 5.91 Å². The first-order valence-corrected chi connectivity index (χ1v) is 11.4. The van der Waals surface area contributed by atoms with Gasteiger partial charge in [-0.15, -0.1) is 0 Å². The Morgan fingerprint density at radius 1 is 1.30 bits per heavy atom. The molecule has 1 atom stereocenters. The number of hydrogen-bond donors (Lipinski definition) is 4. The number of anilines is 3. The molecule has 30 heavy (non-hydrogen) atoms. The first kappa shape index (κ1) is 21.6. The Hall–Kier alpha value is -3.14.